The number of amides is 1. The van der Waals surface area contributed by atoms with Crippen LogP contribution in [-0.4, -0.2) is 39.7 Å². The SMILES string of the molecule is CCOC(=O)c1ccn(-c2ccc(NC(=O)CCCNc3ccc([N+](=O)[O-])cc3)cc2)n1. The van der Waals surface area contributed by atoms with Crippen LogP contribution in [0.15, 0.2) is 60.8 Å². The number of nitrogens with one attached hydrogen (secondary N) is 2. The van der Waals surface area contributed by atoms with Crippen molar-refractivity contribution in [2.24, 2.45) is 0 Å². The molecule has 0 atom stereocenters. The van der Waals surface area contributed by atoms with Crippen LogP contribution in [0, 0.1) is 10.1 Å². The lowest BCUT2D eigenvalue weighted by Gasteiger charge is -2.08. The Bertz CT molecular complexity index is 1080. The molecular weight excluding hydrogens is 414 g/mol. The molecule has 1 heterocycles. The van der Waals surface area contributed by atoms with Gasteiger partial charge in [0.2, 0.25) is 5.91 Å². The van der Waals surface area contributed by atoms with Gasteiger partial charge in [-0.1, -0.05) is 0 Å². The molecular formula is C22H23N5O5. The van der Waals surface area contributed by atoms with Gasteiger partial charge in [0.1, 0.15) is 0 Å². The average molecular weight is 437 g/mol. The molecule has 0 unspecified atom stereocenters. The Kier molecular flexibility index (Phi) is 7.52. The molecule has 0 bridgehead atoms. The molecule has 0 fully saturated rings. The number of aromatic nitrogens is 2. The van der Waals surface area contributed by atoms with E-state index in [4.69, 9.17) is 4.74 Å². The summed E-state index contributed by atoms with van der Waals surface area (Å²) in [6.07, 6.45) is 2.59. The number of nitro benzene ring substituents is 1. The van der Waals surface area contributed by atoms with E-state index in [1.807, 2.05) is 0 Å². The molecule has 10 nitrogen and oxygen atoms in total. The number of benzene rings is 2. The largest absolute Gasteiger partial charge is 0.461 e. The molecule has 0 saturated carbocycles. The van der Waals surface area contributed by atoms with Crippen LogP contribution < -0.4 is 10.6 Å². The van der Waals surface area contributed by atoms with E-state index in [0.717, 1.165) is 11.4 Å². The molecule has 0 radical (unpaired) electrons. The first kappa shape index (κ1) is 22.5. The molecule has 0 spiro atoms. The Morgan fingerprint density at radius 3 is 2.41 bits per heavy atom. The minimum Gasteiger partial charge on any atom is -0.461 e. The molecule has 2 aromatic carbocycles. The molecule has 10 heteroatoms. The van der Waals surface area contributed by atoms with Gasteiger partial charge in [0.15, 0.2) is 5.69 Å². The number of carbonyl (C=O) groups is 2. The number of esters is 1. The maximum atomic E-state index is 12.2. The number of rotatable bonds is 10. The molecule has 166 valence electrons. The van der Waals surface area contributed by atoms with Crippen LogP contribution in [0.25, 0.3) is 5.69 Å². The van der Waals surface area contributed by atoms with Crippen LogP contribution in [0.1, 0.15) is 30.3 Å². The summed E-state index contributed by atoms with van der Waals surface area (Å²) in [5.74, 6) is -0.592. The Hall–Kier alpha value is -4.21. The number of non-ortho nitro benzene ring substituents is 1. The lowest BCUT2D eigenvalue weighted by atomic mass is 10.2. The quantitative estimate of drug-likeness (QED) is 0.214. The van der Waals surface area contributed by atoms with Crippen molar-refractivity contribution in [1.29, 1.82) is 0 Å². The summed E-state index contributed by atoms with van der Waals surface area (Å²) < 4.78 is 6.48. The Morgan fingerprint density at radius 2 is 1.75 bits per heavy atom. The van der Waals surface area contributed by atoms with E-state index in [9.17, 15) is 19.7 Å². The summed E-state index contributed by atoms with van der Waals surface area (Å²) >= 11 is 0. The van der Waals surface area contributed by atoms with E-state index >= 15 is 0 Å². The monoisotopic (exact) mass is 437 g/mol. The Morgan fingerprint density at radius 1 is 1.06 bits per heavy atom. The maximum Gasteiger partial charge on any atom is 0.358 e. The second-order valence-corrected chi connectivity index (χ2v) is 6.80. The molecule has 32 heavy (non-hydrogen) atoms. The number of hydrogen-bond acceptors (Lipinski definition) is 7. The highest BCUT2D eigenvalue weighted by atomic mass is 16.6. The topological polar surface area (TPSA) is 128 Å². The van der Waals surface area contributed by atoms with Gasteiger partial charge >= 0.3 is 5.97 Å². The fourth-order valence-corrected chi connectivity index (χ4v) is 2.89. The fourth-order valence-electron chi connectivity index (χ4n) is 2.89. The lowest BCUT2D eigenvalue weighted by molar-refractivity contribution is -0.384. The summed E-state index contributed by atoms with van der Waals surface area (Å²) in [4.78, 5) is 34.1. The Labute approximate surface area is 184 Å². The van der Waals surface area contributed by atoms with E-state index in [-0.39, 0.29) is 23.9 Å². The highest BCUT2D eigenvalue weighted by molar-refractivity contribution is 5.90. The maximum absolute atomic E-state index is 12.2. The first-order chi connectivity index (χ1) is 15.5. The molecule has 0 aliphatic carbocycles. The zero-order valence-electron chi connectivity index (χ0n) is 17.5. The van der Waals surface area contributed by atoms with Crippen molar-refractivity contribution in [1.82, 2.24) is 9.78 Å². The van der Waals surface area contributed by atoms with E-state index in [1.165, 1.54) is 12.1 Å². The van der Waals surface area contributed by atoms with E-state index < -0.39 is 10.9 Å². The van der Waals surface area contributed by atoms with Gasteiger partial charge in [0.05, 0.1) is 17.2 Å². The predicted molar refractivity (Wildman–Crippen MR) is 119 cm³/mol. The number of carbonyl (C=O) groups excluding carboxylic acids is 2. The second-order valence-electron chi connectivity index (χ2n) is 6.80. The normalized spacial score (nSPS) is 10.4. The molecule has 1 amide bonds. The average Bonchev–Trinajstić information content (AvgIpc) is 3.28. The van der Waals surface area contributed by atoms with Gasteiger partial charge in [-0.05, 0) is 55.8 Å². The fraction of sp³-hybridized carbons (Fsp3) is 0.227. The van der Waals surface area contributed by atoms with Crippen molar-refractivity contribution in [3.8, 4) is 5.69 Å². The lowest BCUT2D eigenvalue weighted by Crippen LogP contribution is -2.13. The van der Waals surface area contributed by atoms with Gasteiger partial charge in [-0.3, -0.25) is 14.9 Å². The van der Waals surface area contributed by atoms with Crippen molar-refractivity contribution < 1.29 is 19.2 Å². The zero-order chi connectivity index (χ0) is 22.9. The Balaban J connectivity index is 1.43. The molecule has 0 aliphatic heterocycles. The first-order valence-corrected chi connectivity index (χ1v) is 10.1. The van der Waals surface area contributed by atoms with Crippen molar-refractivity contribution in [2.75, 3.05) is 23.8 Å². The predicted octanol–water partition coefficient (Wildman–Crippen LogP) is 3.79. The van der Waals surface area contributed by atoms with Crippen molar-refractivity contribution in [3.05, 3.63) is 76.6 Å². The highest BCUT2D eigenvalue weighted by Gasteiger charge is 2.11. The molecule has 3 rings (SSSR count). The summed E-state index contributed by atoms with van der Waals surface area (Å²) in [6, 6.07) is 14.8. The van der Waals surface area contributed by atoms with Crippen LogP contribution >= 0.6 is 0 Å². The van der Waals surface area contributed by atoms with Gasteiger partial charge in [0, 0.05) is 42.7 Å². The molecule has 1 aromatic heterocycles. The van der Waals surface area contributed by atoms with E-state index in [1.54, 1.807) is 60.3 Å². The third kappa shape index (κ3) is 6.14. The summed E-state index contributed by atoms with van der Waals surface area (Å²) in [6.45, 7) is 2.58. The molecule has 0 aliphatic rings. The summed E-state index contributed by atoms with van der Waals surface area (Å²) in [7, 11) is 0. The standard InChI is InChI=1S/C22H23N5O5/c1-2-32-22(29)20-13-15-26(25-20)18-9-7-17(8-10-18)24-21(28)4-3-14-23-16-5-11-19(12-6-16)27(30)31/h5-13,15,23H,2-4,14H2,1H3,(H,24,28). The third-order valence-corrected chi connectivity index (χ3v) is 4.48. The van der Waals surface area contributed by atoms with E-state index in [2.05, 4.69) is 15.7 Å². The van der Waals surface area contributed by atoms with Gasteiger partial charge in [-0.25, -0.2) is 9.48 Å². The number of ether oxygens (including phenoxy) is 1. The number of nitrogens with zero attached hydrogens (tertiary/aromatic N) is 3. The van der Waals surface area contributed by atoms with Crippen LogP contribution in [0.4, 0.5) is 17.1 Å². The summed E-state index contributed by atoms with van der Waals surface area (Å²) in [5, 5.41) is 20.8. The van der Waals surface area contributed by atoms with Gasteiger partial charge in [0.25, 0.3) is 5.69 Å². The smallest absolute Gasteiger partial charge is 0.358 e. The zero-order valence-corrected chi connectivity index (χ0v) is 17.5. The van der Waals surface area contributed by atoms with E-state index in [0.29, 0.717) is 25.1 Å². The minimum atomic E-state index is -0.474. The summed E-state index contributed by atoms with van der Waals surface area (Å²) in [5.41, 5.74) is 2.42. The number of nitro groups is 1. The first-order valence-electron chi connectivity index (χ1n) is 10.1. The van der Waals surface area contributed by atoms with Crippen molar-refractivity contribution >= 4 is 28.9 Å². The van der Waals surface area contributed by atoms with Crippen LogP contribution in [0.3, 0.4) is 0 Å². The van der Waals surface area contributed by atoms with Gasteiger partial charge in [-0.15, -0.1) is 0 Å². The molecule has 0 saturated heterocycles. The van der Waals surface area contributed by atoms with Crippen molar-refractivity contribution in [3.63, 3.8) is 0 Å². The third-order valence-electron chi connectivity index (χ3n) is 4.48. The molecule has 2 N–H and O–H groups in total. The van der Waals surface area contributed by atoms with Gasteiger partial charge in [-0.2, -0.15) is 5.10 Å². The van der Waals surface area contributed by atoms with Crippen molar-refractivity contribution in [2.45, 2.75) is 19.8 Å². The second kappa shape index (κ2) is 10.7. The highest BCUT2D eigenvalue weighted by Crippen LogP contribution is 2.16. The van der Waals surface area contributed by atoms with Crippen LogP contribution in [0.5, 0.6) is 0 Å². The van der Waals surface area contributed by atoms with Crippen LogP contribution in [-0.2, 0) is 9.53 Å². The molecule has 3 aromatic rings. The minimum absolute atomic E-state index is 0.0351. The number of hydrogen-bond donors (Lipinski definition) is 2. The number of anilines is 2. The van der Waals surface area contributed by atoms with Gasteiger partial charge < -0.3 is 15.4 Å². The van der Waals surface area contributed by atoms with Crippen LogP contribution in [0.2, 0.25) is 0 Å².